The molecular weight excluding hydrogens is 595 g/mol. The lowest BCUT2D eigenvalue weighted by Gasteiger charge is -2.31. The van der Waals surface area contributed by atoms with Crippen molar-refractivity contribution in [3.63, 3.8) is 0 Å². The Morgan fingerprint density at radius 2 is 1.98 bits per heavy atom. The summed E-state index contributed by atoms with van der Waals surface area (Å²) in [6, 6.07) is 4.96. The van der Waals surface area contributed by atoms with E-state index in [0.29, 0.717) is 12.1 Å². The van der Waals surface area contributed by atoms with Gasteiger partial charge in [-0.1, -0.05) is 6.07 Å². The van der Waals surface area contributed by atoms with E-state index in [9.17, 15) is 9.90 Å². The van der Waals surface area contributed by atoms with Crippen molar-refractivity contribution in [2.75, 3.05) is 31.9 Å². The number of amides is 1. The van der Waals surface area contributed by atoms with Crippen molar-refractivity contribution in [1.29, 1.82) is 5.41 Å². The largest absolute Gasteiger partial charge is 0.389 e. The molecule has 5 rings (SSSR count). The molecule has 3 aliphatic heterocycles. The number of carbonyl (C=O) groups excluding carboxylic acids is 1. The molecule has 2 aromatic rings. The van der Waals surface area contributed by atoms with Crippen molar-refractivity contribution in [3.05, 3.63) is 44.9 Å². The Kier molecular flexibility index (Phi) is 13.5. The summed E-state index contributed by atoms with van der Waals surface area (Å²) in [6.45, 7) is 14.3. The zero-order chi connectivity index (χ0) is 32.4. The van der Waals surface area contributed by atoms with Crippen molar-refractivity contribution in [2.45, 2.75) is 96.6 Å². The third kappa shape index (κ3) is 10.2. The van der Waals surface area contributed by atoms with Crippen molar-refractivity contribution in [1.82, 2.24) is 19.8 Å². The number of carbonyl (C=O) groups is 1. The molecule has 3 fully saturated rings. The molecular formula is C32H49N7O3S2. The molecule has 0 radical (unpaired) electrons. The maximum absolute atomic E-state index is 10.6. The van der Waals surface area contributed by atoms with Crippen LogP contribution in [0.5, 0.6) is 0 Å². The fourth-order valence-electron chi connectivity index (χ4n) is 5.91. The van der Waals surface area contributed by atoms with E-state index in [4.69, 9.17) is 10.1 Å². The predicted molar refractivity (Wildman–Crippen MR) is 184 cm³/mol. The Bertz CT molecular complexity index is 1260. The van der Waals surface area contributed by atoms with E-state index in [0.717, 1.165) is 89.3 Å². The van der Waals surface area contributed by atoms with Gasteiger partial charge < -0.3 is 25.5 Å². The maximum atomic E-state index is 10.6. The lowest BCUT2D eigenvalue weighted by atomic mass is 9.96. The van der Waals surface area contributed by atoms with Crippen molar-refractivity contribution >= 4 is 53.5 Å². The Morgan fingerprint density at radius 1 is 1.30 bits per heavy atom. The second-order valence-corrected chi connectivity index (χ2v) is 14.2. The van der Waals surface area contributed by atoms with Gasteiger partial charge in [-0.15, -0.1) is 23.1 Å². The third-order valence-corrected chi connectivity index (χ3v) is 9.97. The number of thioether (sulfide) groups is 1. The van der Waals surface area contributed by atoms with Crippen LogP contribution in [0.2, 0.25) is 0 Å². The van der Waals surface area contributed by atoms with E-state index in [1.165, 1.54) is 0 Å². The highest BCUT2D eigenvalue weighted by Gasteiger charge is 2.39. The van der Waals surface area contributed by atoms with Gasteiger partial charge in [-0.3, -0.25) is 14.7 Å². The van der Waals surface area contributed by atoms with Crippen LogP contribution in [0.25, 0.3) is 5.70 Å². The first-order valence-electron chi connectivity index (χ1n) is 15.0. The Hall–Kier alpha value is -2.64. The molecule has 12 heteroatoms. The van der Waals surface area contributed by atoms with Crippen LogP contribution in [-0.4, -0.2) is 100 Å². The zero-order valence-corrected chi connectivity index (χ0v) is 28.8. The average Bonchev–Trinajstić information content (AvgIpc) is 3.61. The number of aliphatic hydroxyl groups is 1. The highest BCUT2D eigenvalue weighted by atomic mass is 32.2. The quantitative estimate of drug-likeness (QED) is 0.141. The number of nitrogens with one attached hydrogen (secondary N) is 2. The number of ether oxygens (including phenoxy) is 1. The first-order chi connectivity index (χ1) is 20.9. The summed E-state index contributed by atoms with van der Waals surface area (Å²) in [6.07, 6.45) is 7.85. The van der Waals surface area contributed by atoms with Crippen LogP contribution in [0, 0.1) is 26.2 Å². The van der Waals surface area contributed by atoms with E-state index in [2.05, 4.69) is 31.9 Å². The van der Waals surface area contributed by atoms with Crippen LogP contribution < -0.4 is 5.32 Å². The molecule has 0 saturated carbocycles. The number of aryl methyl sites for hydroxylation is 3. The van der Waals surface area contributed by atoms with Gasteiger partial charge in [0.1, 0.15) is 5.82 Å². The molecule has 0 aliphatic carbocycles. The normalized spacial score (nSPS) is 23.4. The topological polar surface area (TPSA) is 127 Å². The van der Waals surface area contributed by atoms with E-state index >= 15 is 0 Å². The van der Waals surface area contributed by atoms with Crippen LogP contribution >= 0.6 is 23.1 Å². The van der Waals surface area contributed by atoms with Gasteiger partial charge in [0, 0.05) is 56.5 Å². The fourth-order valence-corrected chi connectivity index (χ4v) is 7.55. The van der Waals surface area contributed by atoms with E-state index in [-0.39, 0.29) is 12.1 Å². The standard InChI is InChI=1S/C15H18N4S2.C9H19NO2.C8H12N2O/c1-10-5-6-14(17-7-10)18-9-20-8-13(16-4)15-11(2)19-12(3)21-15;1-9(2,11)8-5-7(12-4)6-10(8)3;9-6-3-7-1-2-8(4-6)10(7)5-11/h5-8H,4,9H2,1-3H3,(H,17,18);7-8,11H,5-6H2,1-4H3;5,7-9H,1-4H2/b13-8-;;/t;7-,8?;7-,8+/m.0./s1. The number of pyridine rings is 1. The van der Waals surface area contributed by atoms with Crippen molar-refractivity contribution in [3.8, 4) is 0 Å². The smallest absolute Gasteiger partial charge is 0.210 e. The Balaban J connectivity index is 0.000000195. The molecule has 5 heterocycles. The lowest BCUT2D eigenvalue weighted by molar-refractivity contribution is -0.120. The number of anilines is 1. The number of hydrogen-bond acceptors (Lipinski definition) is 11. The molecule has 4 atom stereocenters. The number of fused-ring (bicyclic) bond motifs is 2. The minimum atomic E-state index is -0.623. The number of hydrogen-bond donors (Lipinski definition) is 3. The van der Waals surface area contributed by atoms with Crippen molar-refractivity contribution < 1.29 is 14.6 Å². The lowest BCUT2D eigenvalue weighted by Crippen LogP contribution is -2.43. The molecule has 0 spiro atoms. The van der Waals surface area contributed by atoms with Gasteiger partial charge in [0.2, 0.25) is 6.41 Å². The summed E-state index contributed by atoms with van der Waals surface area (Å²) in [7, 11) is 3.76. The molecule has 2 aromatic heterocycles. The maximum Gasteiger partial charge on any atom is 0.210 e. The molecule has 44 heavy (non-hydrogen) atoms. The monoisotopic (exact) mass is 643 g/mol. The summed E-state index contributed by atoms with van der Waals surface area (Å²) < 4.78 is 5.25. The molecule has 3 N–H and O–H groups in total. The first kappa shape index (κ1) is 35.8. The van der Waals surface area contributed by atoms with E-state index in [1.54, 1.807) is 30.2 Å². The van der Waals surface area contributed by atoms with E-state index < -0.39 is 5.60 Å². The molecule has 242 valence electrons. The number of aromatic nitrogens is 2. The number of likely N-dealkylation sites (N-methyl/N-ethyl adjacent to an activating group) is 1. The summed E-state index contributed by atoms with van der Waals surface area (Å²) in [5.74, 6) is 1.60. The second kappa shape index (κ2) is 16.6. The molecule has 2 bridgehead atoms. The molecule has 1 amide bonds. The number of rotatable bonds is 9. The second-order valence-electron chi connectivity index (χ2n) is 12.2. The molecule has 10 nitrogen and oxygen atoms in total. The molecule has 3 saturated heterocycles. The van der Waals surface area contributed by atoms with Gasteiger partial charge in [0.25, 0.3) is 0 Å². The highest BCUT2D eigenvalue weighted by Crippen LogP contribution is 2.32. The number of aliphatic imine (C=N–C) groups is 1. The fraction of sp³-hybridized carbons (Fsp3) is 0.594. The molecule has 1 unspecified atom stereocenters. The van der Waals surface area contributed by atoms with Gasteiger partial charge in [-0.2, -0.15) is 0 Å². The number of piperidine rings is 1. The van der Waals surface area contributed by atoms with Crippen LogP contribution in [0.1, 0.15) is 67.1 Å². The zero-order valence-electron chi connectivity index (χ0n) is 27.2. The van der Waals surface area contributed by atoms with Gasteiger partial charge >= 0.3 is 0 Å². The number of methoxy groups -OCH3 is 1. The van der Waals surface area contributed by atoms with Crippen molar-refractivity contribution in [2.24, 2.45) is 4.99 Å². The van der Waals surface area contributed by atoms with Crippen LogP contribution in [0.4, 0.5) is 5.82 Å². The minimum absolute atomic E-state index is 0.224. The van der Waals surface area contributed by atoms with Gasteiger partial charge in [-0.25, -0.2) is 9.97 Å². The van der Waals surface area contributed by atoms with Gasteiger partial charge in [0.05, 0.1) is 38.9 Å². The summed E-state index contributed by atoms with van der Waals surface area (Å²) in [5.41, 5.74) is 3.24. The molecule has 0 aromatic carbocycles. The summed E-state index contributed by atoms with van der Waals surface area (Å²) in [5, 5.41) is 23.6. The van der Waals surface area contributed by atoms with Crippen LogP contribution in [-0.2, 0) is 9.53 Å². The van der Waals surface area contributed by atoms with Gasteiger partial charge in [-0.05, 0) is 84.7 Å². The Morgan fingerprint density at radius 3 is 2.43 bits per heavy atom. The van der Waals surface area contributed by atoms with Gasteiger partial charge in [0.15, 0.2) is 0 Å². The average molecular weight is 644 g/mol. The van der Waals surface area contributed by atoms with E-state index in [1.807, 2.05) is 70.3 Å². The predicted octanol–water partition coefficient (Wildman–Crippen LogP) is 5.53. The van der Waals surface area contributed by atoms with Crippen LogP contribution in [0.15, 0.2) is 28.7 Å². The number of nitrogens with zero attached hydrogens (tertiary/aromatic N) is 5. The summed E-state index contributed by atoms with van der Waals surface area (Å²) in [4.78, 5) is 28.6. The minimum Gasteiger partial charge on any atom is -0.389 e. The SMILES string of the molecule is C=N/C(=C\SCNc1ccc(C)cn1)c1sc(C)nc1C.CO[C@H]1CC(C(C)(C)O)N(C)C1.N=C1C[C@H]2CC[C@@H](C1)N2C=O. The number of likely N-dealkylation sites (tertiary alicyclic amines) is 1. The molecule has 3 aliphatic rings. The first-order valence-corrected chi connectivity index (χ1v) is 16.9. The number of thiazole rings is 1. The third-order valence-electron chi connectivity index (χ3n) is 8.17. The summed E-state index contributed by atoms with van der Waals surface area (Å²) >= 11 is 3.27. The highest BCUT2D eigenvalue weighted by molar-refractivity contribution is 8.02. The van der Waals surface area contributed by atoms with Crippen LogP contribution in [0.3, 0.4) is 0 Å². The Labute approximate surface area is 270 Å².